The van der Waals surface area contributed by atoms with Crippen LogP contribution >= 0.6 is 0 Å². The van der Waals surface area contributed by atoms with E-state index in [2.05, 4.69) is 4.98 Å². The number of ether oxygens (including phenoxy) is 1. The number of hydrogen-bond donors (Lipinski definition) is 1. The first-order valence-electron chi connectivity index (χ1n) is 6.26. The Morgan fingerprint density at radius 2 is 2.00 bits per heavy atom. The second-order valence-corrected chi connectivity index (χ2v) is 4.40. The predicted molar refractivity (Wildman–Crippen MR) is 74.4 cm³/mol. The van der Waals surface area contributed by atoms with Gasteiger partial charge in [-0.3, -0.25) is 4.79 Å². The van der Waals surface area contributed by atoms with E-state index in [1.165, 1.54) is 0 Å². The molecule has 0 aliphatic heterocycles. The highest BCUT2D eigenvalue weighted by Gasteiger charge is 2.14. The molecule has 0 aliphatic carbocycles. The van der Waals surface area contributed by atoms with Gasteiger partial charge in [-0.05, 0) is 25.1 Å². The van der Waals surface area contributed by atoms with E-state index in [4.69, 9.17) is 4.74 Å². The molecule has 2 rings (SSSR count). The lowest BCUT2D eigenvalue weighted by Gasteiger charge is -2.17. The summed E-state index contributed by atoms with van der Waals surface area (Å²) in [4.78, 5) is 16.8. The largest absolute Gasteiger partial charge is 0.492 e. The van der Waals surface area contributed by atoms with Crippen molar-refractivity contribution in [2.45, 2.75) is 6.92 Å². The number of amides is 1. The Morgan fingerprint density at radius 1 is 1.26 bits per heavy atom. The summed E-state index contributed by atoms with van der Waals surface area (Å²) in [7, 11) is 1.78. The van der Waals surface area contributed by atoms with Gasteiger partial charge < -0.3 is 14.6 Å². The second-order valence-electron chi connectivity index (χ2n) is 4.40. The van der Waals surface area contributed by atoms with E-state index in [0.29, 0.717) is 18.7 Å². The first-order chi connectivity index (χ1) is 9.18. The number of likely N-dealkylation sites (N-methyl/N-ethyl adjacent to an activating group) is 1. The highest BCUT2D eigenvalue weighted by Crippen LogP contribution is 2.10. The minimum absolute atomic E-state index is 0.00964. The zero-order valence-electron chi connectivity index (χ0n) is 11.2. The van der Waals surface area contributed by atoms with Gasteiger partial charge in [-0.25, -0.2) is 0 Å². The quantitative estimate of drug-likeness (QED) is 0.895. The van der Waals surface area contributed by atoms with Gasteiger partial charge in [-0.1, -0.05) is 18.2 Å². The summed E-state index contributed by atoms with van der Waals surface area (Å²) in [5, 5.41) is 0. The number of nitrogens with one attached hydrogen (secondary N) is 1. The molecular formula is C15H18N2O2. The van der Waals surface area contributed by atoms with Crippen LogP contribution in [0.1, 0.15) is 16.1 Å². The molecular weight excluding hydrogens is 240 g/mol. The Balaban J connectivity index is 1.83. The average Bonchev–Trinajstić information content (AvgIpc) is 2.85. The van der Waals surface area contributed by atoms with Gasteiger partial charge in [0.25, 0.3) is 5.91 Å². The zero-order chi connectivity index (χ0) is 13.7. The number of carbonyl (C=O) groups excluding carboxylic acids is 1. The number of carbonyl (C=O) groups is 1. The Labute approximate surface area is 113 Å². The number of aryl methyl sites for hydroxylation is 1. The normalized spacial score (nSPS) is 10.2. The summed E-state index contributed by atoms with van der Waals surface area (Å²) in [6.45, 7) is 2.93. The van der Waals surface area contributed by atoms with E-state index < -0.39 is 0 Å². The number of benzene rings is 1. The van der Waals surface area contributed by atoms with Crippen LogP contribution in [0.5, 0.6) is 5.75 Å². The van der Waals surface area contributed by atoms with E-state index in [1.807, 2.05) is 37.3 Å². The van der Waals surface area contributed by atoms with E-state index >= 15 is 0 Å². The molecule has 0 fully saturated rings. The molecule has 0 aliphatic rings. The van der Waals surface area contributed by atoms with Crippen molar-refractivity contribution in [1.29, 1.82) is 0 Å². The first kappa shape index (κ1) is 13.2. The molecule has 0 saturated heterocycles. The van der Waals surface area contributed by atoms with Crippen LogP contribution in [0.2, 0.25) is 0 Å². The van der Waals surface area contributed by atoms with Crippen molar-refractivity contribution in [3.8, 4) is 5.75 Å². The predicted octanol–water partition coefficient (Wildman–Crippen LogP) is 2.47. The monoisotopic (exact) mass is 258 g/mol. The van der Waals surface area contributed by atoms with Crippen molar-refractivity contribution >= 4 is 5.91 Å². The van der Waals surface area contributed by atoms with Gasteiger partial charge in [-0.15, -0.1) is 0 Å². The van der Waals surface area contributed by atoms with Gasteiger partial charge >= 0.3 is 0 Å². The molecule has 0 spiro atoms. The van der Waals surface area contributed by atoms with Crippen molar-refractivity contribution in [1.82, 2.24) is 9.88 Å². The molecule has 1 aromatic heterocycles. The van der Waals surface area contributed by atoms with E-state index in [9.17, 15) is 4.79 Å². The number of hydrogen-bond acceptors (Lipinski definition) is 2. The minimum Gasteiger partial charge on any atom is -0.492 e. The summed E-state index contributed by atoms with van der Waals surface area (Å²) in [6.07, 6.45) is 1.77. The van der Waals surface area contributed by atoms with Gasteiger partial charge in [-0.2, -0.15) is 0 Å². The average molecular weight is 258 g/mol. The fourth-order valence-corrected chi connectivity index (χ4v) is 1.81. The van der Waals surface area contributed by atoms with Gasteiger partial charge in [0.05, 0.1) is 12.1 Å². The fraction of sp³-hybridized carbons (Fsp3) is 0.267. The summed E-state index contributed by atoms with van der Waals surface area (Å²) in [6, 6.07) is 11.4. The SMILES string of the molecule is Cc1[nH]ccc1C(=O)N(C)CCOc1ccccc1. The van der Waals surface area contributed by atoms with Gasteiger partial charge in [0, 0.05) is 18.9 Å². The fourth-order valence-electron chi connectivity index (χ4n) is 1.81. The third-order valence-corrected chi connectivity index (χ3v) is 2.97. The Morgan fingerprint density at radius 3 is 2.63 bits per heavy atom. The number of para-hydroxylation sites is 1. The zero-order valence-corrected chi connectivity index (χ0v) is 11.2. The summed E-state index contributed by atoms with van der Waals surface area (Å²) < 4.78 is 5.57. The maximum Gasteiger partial charge on any atom is 0.255 e. The van der Waals surface area contributed by atoms with Crippen LogP contribution in [0.3, 0.4) is 0 Å². The van der Waals surface area contributed by atoms with Crippen LogP contribution in [0.15, 0.2) is 42.6 Å². The van der Waals surface area contributed by atoms with Crippen molar-refractivity contribution in [2.24, 2.45) is 0 Å². The highest BCUT2D eigenvalue weighted by atomic mass is 16.5. The van der Waals surface area contributed by atoms with E-state index in [0.717, 1.165) is 11.4 Å². The molecule has 0 radical (unpaired) electrons. The number of aromatic amines is 1. The van der Waals surface area contributed by atoms with Crippen molar-refractivity contribution < 1.29 is 9.53 Å². The topological polar surface area (TPSA) is 45.3 Å². The standard InChI is InChI=1S/C15H18N2O2/c1-12-14(8-9-16-12)15(18)17(2)10-11-19-13-6-4-3-5-7-13/h3-9,16H,10-11H2,1-2H3. The molecule has 1 amide bonds. The molecule has 19 heavy (non-hydrogen) atoms. The van der Waals surface area contributed by atoms with Gasteiger partial charge in [0.1, 0.15) is 12.4 Å². The molecule has 4 nitrogen and oxygen atoms in total. The Hall–Kier alpha value is -2.23. The van der Waals surface area contributed by atoms with Crippen LogP contribution in [0.4, 0.5) is 0 Å². The first-order valence-corrected chi connectivity index (χ1v) is 6.26. The lowest BCUT2D eigenvalue weighted by Crippen LogP contribution is -2.31. The van der Waals surface area contributed by atoms with E-state index in [-0.39, 0.29) is 5.91 Å². The van der Waals surface area contributed by atoms with Crippen molar-refractivity contribution in [3.05, 3.63) is 53.9 Å². The van der Waals surface area contributed by atoms with E-state index in [1.54, 1.807) is 24.2 Å². The molecule has 4 heteroatoms. The van der Waals surface area contributed by atoms with Crippen LogP contribution in [0, 0.1) is 6.92 Å². The lowest BCUT2D eigenvalue weighted by atomic mass is 10.2. The number of H-pyrrole nitrogens is 1. The molecule has 1 aromatic carbocycles. The number of aromatic nitrogens is 1. The van der Waals surface area contributed by atoms with Crippen LogP contribution in [-0.2, 0) is 0 Å². The maximum atomic E-state index is 12.1. The van der Waals surface area contributed by atoms with Crippen LogP contribution in [0.25, 0.3) is 0 Å². The lowest BCUT2D eigenvalue weighted by molar-refractivity contribution is 0.0773. The maximum absolute atomic E-state index is 12.1. The molecule has 0 saturated carbocycles. The Kier molecular flexibility index (Phi) is 4.23. The van der Waals surface area contributed by atoms with Gasteiger partial charge in [0.2, 0.25) is 0 Å². The molecule has 0 bridgehead atoms. The smallest absolute Gasteiger partial charge is 0.255 e. The van der Waals surface area contributed by atoms with Crippen molar-refractivity contribution in [2.75, 3.05) is 20.2 Å². The molecule has 0 atom stereocenters. The van der Waals surface area contributed by atoms with Crippen LogP contribution in [-0.4, -0.2) is 36.0 Å². The minimum atomic E-state index is 0.00964. The summed E-state index contributed by atoms with van der Waals surface area (Å²) in [5.74, 6) is 0.830. The number of nitrogens with zero attached hydrogens (tertiary/aromatic N) is 1. The Bertz CT molecular complexity index is 534. The molecule has 1 N–H and O–H groups in total. The molecule has 0 unspecified atom stereocenters. The van der Waals surface area contributed by atoms with Crippen molar-refractivity contribution in [3.63, 3.8) is 0 Å². The highest BCUT2D eigenvalue weighted by molar-refractivity contribution is 5.95. The molecule has 1 heterocycles. The van der Waals surface area contributed by atoms with Crippen LogP contribution < -0.4 is 4.74 Å². The molecule has 100 valence electrons. The third-order valence-electron chi connectivity index (χ3n) is 2.97. The third kappa shape index (κ3) is 3.37. The molecule has 2 aromatic rings. The number of rotatable bonds is 5. The van der Waals surface area contributed by atoms with Gasteiger partial charge in [0.15, 0.2) is 0 Å². The summed E-state index contributed by atoms with van der Waals surface area (Å²) in [5.41, 5.74) is 1.60. The second kappa shape index (κ2) is 6.09. The summed E-state index contributed by atoms with van der Waals surface area (Å²) >= 11 is 0.